The first kappa shape index (κ1) is 18.8. The van der Waals surface area contributed by atoms with Gasteiger partial charge in [0.15, 0.2) is 0 Å². The first-order valence-corrected chi connectivity index (χ1v) is 10.8. The van der Waals surface area contributed by atoms with E-state index in [0.717, 1.165) is 24.2 Å². The number of sulfonamides is 1. The summed E-state index contributed by atoms with van der Waals surface area (Å²) in [6, 6.07) is 3.94. The van der Waals surface area contributed by atoms with Crippen molar-refractivity contribution in [1.82, 2.24) is 28.6 Å². The highest BCUT2D eigenvalue weighted by atomic mass is 32.2. The van der Waals surface area contributed by atoms with E-state index < -0.39 is 10.0 Å². The molecule has 0 unspecified atom stereocenters. The second-order valence-corrected chi connectivity index (χ2v) is 9.14. The Morgan fingerprint density at radius 2 is 2.14 bits per heavy atom. The lowest BCUT2D eigenvalue weighted by atomic mass is 9.98. The van der Waals surface area contributed by atoms with E-state index in [0.29, 0.717) is 25.3 Å². The van der Waals surface area contributed by atoms with Crippen LogP contribution in [0.2, 0.25) is 0 Å². The molecule has 1 aliphatic rings. The van der Waals surface area contributed by atoms with E-state index >= 15 is 0 Å². The van der Waals surface area contributed by atoms with Crippen LogP contribution in [0.5, 0.6) is 0 Å². The van der Waals surface area contributed by atoms with Gasteiger partial charge in [-0.15, -0.1) is 0 Å². The molecule has 0 amide bonds. The SMILES string of the molecule is Cc1nn(C)cc1S(=O)(=O)N1CCC[C@@H](c2nccn2Cc2cccnc2)C1. The van der Waals surface area contributed by atoms with E-state index in [1.165, 1.54) is 0 Å². The summed E-state index contributed by atoms with van der Waals surface area (Å²) in [6.07, 6.45) is 10.6. The summed E-state index contributed by atoms with van der Waals surface area (Å²) in [5.74, 6) is 0.985. The zero-order chi connectivity index (χ0) is 19.7. The Bertz CT molecular complexity index is 1060. The molecule has 0 aromatic carbocycles. The van der Waals surface area contributed by atoms with Crippen LogP contribution in [0.25, 0.3) is 0 Å². The van der Waals surface area contributed by atoms with Crippen LogP contribution in [0.3, 0.4) is 0 Å². The number of nitrogens with zero attached hydrogens (tertiary/aromatic N) is 6. The third kappa shape index (κ3) is 3.59. The van der Waals surface area contributed by atoms with Gasteiger partial charge in [0, 0.05) is 57.0 Å². The highest BCUT2D eigenvalue weighted by Crippen LogP contribution is 2.30. The molecule has 3 aromatic heterocycles. The van der Waals surface area contributed by atoms with Crippen LogP contribution in [0, 0.1) is 6.92 Å². The van der Waals surface area contributed by atoms with Gasteiger partial charge in [0.05, 0.1) is 12.2 Å². The minimum Gasteiger partial charge on any atom is -0.330 e. The molecular formula is C19H24N6O2S. The molecule has 0 saturated carbocycles. The average molecular weight is 401 g/mol. The molecule has 0 N–H and O–H groups in total. The van der Waals surface area contributed by atoms with Gasteiger partial charge < -0.3 is 4.57 Å². The van der Waals surface area contributed by atoms with Crippen molar-refractivity contribution in [1.29, 1.82) is 0 Å². The van der Waals surface area contributed by atoms with E-state index in [1.807, 2.05) is 24.5 Å². The molecule has 148 valence electrons. The lowest BCUT2D eigenvalue weighted by Gasteiger charge is -2.31. The van der Waals surface area contributed by atoms with Gasteiger partial charge in [-0.05, 0) is 31.4 Å². The van der Waals surface area contributed by atoms with E-state index in [4.69, 9.17) is 0 Å². The molecule has 4 rings (SSSR count). The molecular weight excluding hydrogens is 376 g/mol. The van der Waals surface area contributed by atoms with Gasteiger partial charge in [0.25, 0.3) is 0 Å². The highest BCUT2D eigenvalue weighted by molar-refractivity contribution is 7.89. The first-order valence-electron chi connectivity index (χ1n) is 9.35. The van der Waals surface area contributed by atoms with Crippen molar-refractivity contribution in [2.45, 2.75) is 37.1 Å². The number of aryl methyl sites for hydroxylation is 2. The Kier molecular flexibility index (Phi) is 5.03. The molecule has 0 spiro atoms. The van der Waals surface area contributed by atoms with Gasteiger partial charge in [0.2, 0.25) is 10.0 Å². The summed E-state index contributed by atoms with van der Waals surface area (Å²) in [7, 11) is -1.83. The maximum atomic E-state index is 13.1. The van der Waals surface area contributed by atoms with Crippen molar-refractivity contribution < 1.29 is 8.42 Å². The number of rotatable bonds is 5. The molecule has 3 aromatic rings. The fourth-order valence-electron chi connectivity index (χ4n) is 3.84. The number of piperidine rings is 1. The van der Waals surface area contributed by atoms with Crippen molar-refractivity contribution in [2.24, 2.45) is 7.05 Å². The zero-order valence-electron chi connectivity index (χ0n) is 16.1. The minimum atomic E-state index is -3.56. The lowest BCUT2D eigenvalue weighted by Crippen LogP contribution is -2.39. The predicted molar refractivity (Wildman–Crippen MR) is 104 cm³/mol. The summed E-state index contributed by atoms with van der Waals surface area (Å²) in [5.41, 5.74) is 1.62. The van der Waals surface area contributed by atoms with Gasteiger partial charge in [0.1, 0.15) is 10.7 Å². The first-order chi connectivity index (χ1) is 13.4. The van der Waals surface area contributed by atoms with Gasteiger partial charge in [-0.2, -0.15) is 9.40 Å². The van der Waals surface area contributed by atoms with E-state index in [2.05, 4.69) is 19.6 Å². The summed E-state index contributed by atoms with van der Waals surface area (Å²) >= 11 is 0. The van der Waals surface area contributed by atoms with Crippen LogP contribution in [-0.4, -0.2) is 50.1 Å². The van der Waals surface area contributed by atoms with Crippen LogP contribution in [0.15, 0.2) is 48.0 Å². The summed E-state index contributed by atoms with van der Waals surface area (Å²) in [5, 5.41) is 4.19. The molecule has 1 atom stereocenters. The molecule has 9 heteroatoms. The largest absolute Gasteiger partial charge is 0.330 e. The van der Waals surface area contributed by atoms with Gasteiger partial charge in [-0.3, -0.25) is 9.67 Å². The molecule has 1 aliphatic heterocycles. The monoisotopic (exact) mass is 400 g/mol. The van der Waals surface area contributed by atoms with E-state index in [9.17, 15) is 8.42 Å². The maximum absolute atomic E-state index is 13.1. The maximum Gasteiger partial charge on any atom is 0.246 e. The second kappa shape index (κ2) is 7.48. The van der Waals surface area contributed by atoms with Gasteiger partial charge in [-0.25, -0.2) is 13.4 Å². The number of aromatic nitrogens is 5. The molecule has 0 radical (unpaired) electrons. The number of pyridine rings is 1. The number of hydrogen-bond donors (Lipinski definition) is 0. The van der Waals surface area contributed by atoms with Crippen molar-refractivity contribution in [3.8, 4) is 0 Å². The quantitative estimate of drug-likeness (QED) is 0.653. The summed E-state index contributed by atoms with van der Waals surface area (Å²) < 4.78 is 31.5. The number of imidazole rings is 1. The molecule has 0 aliphatic carbocycles. The smallest absolute Gasteiger partial charge is 0.246 e. The van der Waals surface area contributed by atoms with Gasteiger partial charge in [-0.1, -0.05) is 6.07 Å². The van der Waals surface area contributed by atoms with Crippen LogP contribution < -0.4 is 0 Å². The topological polar surface area (TPSA) is 85.9 Å². The molecule has 1 saturated heterocycles. The zero-order valence-corrected chi connectivity index (χ0v) is 16.9. The third-order valence-electron chi connectivity index (χ3n) is 5.16. The van der Waals surface area contributed by atoms with Crippen molar-refractivity contribution >= 4 is 10.0 Å². The Hall–Kier alpha value is -2.52. The van der Waals surface area contributed by atoms with E-state index in [-0.39, 0.29) is 10.8 Å². The minimum absolute atomic E-state index is 0.0622. The second-order valence-electron chi connectivity index (χ2n) is 7.23. The Balaban J connectivity index is 1.57. The fourth-order valence-corrected chi connectivity index (χ4v) is 5.57. The van der Waals surface area contributed by atoms with Crippen LogP contribution in [-0.2, 0) is 23.6 Å². The number of hydrogen-bond acceptors (Lipinski definition) is 5. The summed E-state index contributed by atoms with van der Waals surface area (Å²) in [6.45, 7) is 3.36. The van der Waals surface area contributed by atoms with Crippen LogP contribution in [0.4, 0.5) is 0 Å². The molecule has 0 bridgehead atoms. The van der Waals surface area contributed by atoms with E-state index in [1.54, 1.807) is 41.5 Å². The van der Waals surface area contributed by atoms with Crippen molar-refractivity contribution in [3.05, 3.63) is 60.2 Å². The predicted octanol–water partition coefficient (Wildman–Crippen LogP) is 1.94. The van der Waals surface area contributed by atoms with Crippen LogP contribution in [0.1, 0.15) is 35.8 Å². The van der Waals surface area contributed by atoms with Gasteiger partial charge >= 0.3 is 0 Å². The highest BCUT2D eigenvalue weighted by Gasteiger charge is 2.34. The molecule has 4 heterocycles. The fraction of sp³-hybridized carbons (Fsp3) is 0.421. The standard InChI is InChI=1S/C19H24N6O2S/c1-15-18(14-23(2)22-15)28(26,27)25-9-4-6-17(13-25)19-21-8-10-24(19)12-16-5-3-7-20-11-16/h3,5,7-8,10-11,14,17H,4,6,9,12-13H2,1-2H3/t17-/m1/s1. The molecule has 1 fully saturated rings. The van der Waals surface area contributed by atoms with Crippen LogP contribution >= 0.6 is 0 Å². The third-order valence-corrected chi connectivity index (χ3v) is 7.13. The Morgan fingerprint density at radius 1 is 1.29 bits per heavy atom. The molecule has 8 nitrogen and oxygen atoms in total. The average Bonchev–Trinajstić information content (AvgIpc) is 3.28. The Morgan fingerprint density at radius 3 is 2.86 bits per heavy atom. The van der Waals surface area contributed by atoms with Crippen molar-refractivity contribution in [3.63, 3.8) is 0 Å². The Labute approximate surface area is 164 Å². The normalized spacial score (nSPS) is 18.4. The lowest BCUT2D eigenvalue weighted by molar-refractivity contribution is 0.305. The summed E-state index contributed by atoms with van der Waals surface area (Å²) in [4.78, 5) is 9.00. The van der Waals surface area contributed by atoms with Crippen molar-refractivity contribution in [2.75, 3.05) is 13.1 Å². The molecule has 28 heavy (non-hydrogen) atoms.